The molecule has 1 N–H and O–H groups in total. The Kier molecular flexibility index (Phi) is 8.82. The van der Waals surface area contributed by atoms with E-state index in [1.165, 1.54) is 64.2 Å². The molecule has 2 heterocycles. The summed E-state index contributed by atoms with van der Waals surface area (Å²) in [6, 6.07) is 3.64. The van der Waals surface area contributed by atoms with Gasteiger partial charge in [-0.2, -0.15) is 4.98 Å². The van der Waals surface area contributed by atoms with Crippen LogP contribution in [0.1, 0.15) is 96.0 Å². The quantitative estimate of drug-likeness (QED) is 0.460. The van der Waals surface area contributed by atoms with Crippen LogP contribution in [0, 0.1) is 0 Å². The lowest BCUT2D eigenvalue weighted by atomic mass is 10.0. The van der Waals surface area contributed by atoms with Crippen LogP contribution < -0.4 is 0 Å². The number of pyridine rings is 1. The van der Waals surface area contributed by atoms with Crippen LogP contribution in [0.2, 0.25) is 0 Å². The minimum atomic E-state index is -0.613. The Bertz CT molecular complexity index is 535. The molecular formula is C20H32N2O2. The van der Waals surface area contributed by atoms with Crippen LogP contribution in [0.4, 0.5) is 0 Å². The SMILES string of the molecule is CCCCCCCCCCCCCC(O)c1nc2ncccc2o1. The van der Waals surface area contributed by atoms with Crippen LogP contribution in [0.25, 0.3) is 11.2 Å². The molecule has 0 aliphatic carbocycles. The van der Waals surface area contributed by atoms with Gasteiger partial charge in [0, 0.05) is 6.20 Å². The minimum Gasteiger partial charge on any atom is -0.436 e. The molecule has 0 fully saturated rings. The molecule has 2 aromatic rings. The Balaban J connectivity index is 1.50. The predicted octanol–water partition coefficient (Wildman–Crippen LogP) is 5.96. The summed E-state index contributed by atoms with van der Waals surface area (Å²) in [6.45, 7) is 2.26. The Morgan fingerprint density at radius 3 is 2.21 bits per heavy atom. The first-order valence-electron chi connectivity index (χ1n) is 9.70. The van der Waals surface area contributed by atoms with E-state index < -0.39 is 6.10 Å². The molecular weight excluding hydrogens is 300 g/mol. The highest BCUT2D eigenvalue weighted by Crippen LogP contribution is 2.23. The molecule has 0 aliphatic heterocycles. The summed E-state index contributed by atoms with van der Waals surface area (Å²) < 4.78 is 5.56. The molecule has 2 rings (SSSR count). The first-order chi connectivity index (χ1) is 11.8. The summed E-state index contributed by atoms with van der Waals surface area (Å²) in [7, 11) is 0. The van der Waals surface area contributed by atoms with Gasteiger partial charge in [0.1, 0.15) is 6.10 Å². The van der Waals surface area contributed by atoms with E-state index in [2.05, 4.69) is 16.9 Å². The van der Waals surface area contributed by atoms with Gasteiger partial charge < -0.3 is 9.52 Å². The molecule has 0 bridgehead atoms. The molecule has 24 heavy (non-hydrogen) atoms. The predicted molar refractivity (Wildman–Crippen MR) is 97.8 cm³/mol. The van der Waals surface area contributed by atoms with Gasteiger partial charge in [-0.1, -0.05) is 77.6 Å². The number of aliphatic hydroxyl groups excluding tert-OH is 1. The zero-order valence-electron chi connectivity index (χ0n) is 15.0. The van der Waals surface area contributed by atoms with Crippen molar-refractivity contribution in [3.05, 3.63) is 24.2 Å². The number of unbranched alkanes of at least 4 members (excludes halogenated alkanes) is 10. The highest BCUT2D eigenvalue weighted by Gasteiger charge is 2.15. The minimum absolute atomic E-state index is 0.399. The van der Waals surface area contributed by atoms with Gasteiger partial charge in [-0.05, 0) is 18.6 Å². The second-order valence-corrected chi connectivity index (χ2v) is 6.72. The van der Waals surface area contributed by atoms with Gasteiger partial charge in [0.05, 0.1) is 0 Å². The average Bonchev–Trinajstić information content (AvgIpc) is 3.04. The van der Waals surface area contributed by atoms with E-state index in [-0.39, 0.29) is 0 Å². The first-order valence-corrected chi connectivity index (χ1v) is 9.70. The third kappa shape index (κ3) is 6.60. The van der Waals surface area contributed by atoms with E-state index in [0.717, 1.165) is 6.42 Å². The summed E-state index contributed by atoms with van der Waals surface area (Å²) in [5.41, 5.74) is 1.22. The van der Waals surface area contributed by atoms with Gasteiger partial charge >= 0.3 is 0 Å². The zero-order chi connectivity index (χ0) is 17.0. The van der Waals surface area contributed by atoms with Crippen LogP contribution in [-0.2, 0) is 0 Å². The van der Waals surface area contributed by atoms with Crippen LogP contribution in [0.15, 0.2) is 22.7 Å². The summed E-state index contributed by atoms with van der Waals surface area (Å²) in [5, 5.41) is 10.2. The molecule has 4 nitrogen and oxygen atoms in total. The van der Waals surface area contributed by atoms with Crippen LogP contribution in [0.3, 0.4) is 0 Å². The van der Waals surface area contributed by atoms with Crippen LogP contribution in [-0.4, -0.2) is 15.1 Å². The maximum Gasteiger partial charge on any atom is 0.225 e. The van der Waals surface area contributed by atoms with Gasteiger partial charge in [0.2, 0.25) is 5.89 Å². The molecule has 0 saturated heterocycles. The van der Waals surface area contributed by atoms with Crippen molar-refractivity contribution in [2.75, 3.05) is 0 Å². The Morgan fingerprint density at radius 2 is 1.58 bits per heavy atom. The summed E-state index contributed by atoms with van der Waals surface area (Å²) in [4.78, 5) is 8.38. The number of hydrogen-bond donors (Lipinski definition) is 1. The Labute approximate surface area is 145 Å². The van der Waals surface area contributed by atoms with Crippen molar-refractivity contribution in [1.29, 1.82) is 0 Å². The maximum absolute atomic E-state index is 10.2. The number of hydrogen-bond acceptors (Lipinski definition) is 4. The number of rotatable bonds is 13. The topological polar surface area (TPSA) is 59.2 Å². The third-order valence-electron chi connectivity index (χ3n) is 4.55. The maximum atomic E-state index is 10.2. The fourth-order valence-corrected chi connectivity index (χ4v) is 3.05. The lowest BCUT2D eigenvalue weighted by Gasteiger charge is -2.06. The number of fused-ring (bicyclic) bond motifs is 1. The Hall–Kier alpha value is -1.42. The van der Waals surface area contributed by atoms with E-state index in [1.54, 1.807) is 6.20 Å². The molecule has 4 heteroatoms. The molecule has 0 aromatic carbocycles. The molecule has 1 atom stereocenters. The molecule has 134 valence electrons. The smallest absolute Gasteiger partial charge is 0.225 e. The third-order valence-corrected chi connectivity index (χ3v) is 4.55. The van der Waals surface area contributed by atoms with Crippen molar-refractivity contribution >= 4 is 11.2 Å². The van der Waals surface area contributed by atoms with Crippen molar-refractivity contribution < 1.29 is 9.52 Å². The number of nitrogens with zero attached hydrogens (tertiary/aromatic N) is 2. The molecule has 0 amide bonds. The molecule has 0 spiro atoms. The molecule has 0 aliphatic rings. The highest BCUT2D eigenvalue weighted by molar-refractivity contribution is 5.66. The second kappa shape index (κ2) is 11.2. The highest BCUT2D eigenvalue weighted by atomic mass is 16.4. The van der Waals surface area contributed by atoms with Crippen molar-refractivity contribution in [1.82, 2.24) is 9.97 Å². The van der Waals surface area contributed by atoms with E-state index in [9.17, 15) is 5.11 Å². The fourth-order valence-electron chi connectivity index (χ4n) is 3.05. The van der Waals surface area contributed by atoms with E-state index in [1.807, 2.05) is 12.1 Å². The van der Waals surface area contributed by atoms with Crippen LogP contribution >= 0.6 is 0 Å². The normalized spacial score (nSPS) is 12.8. The molecule has 1 unspecified atom stereocenters. The zero-order valence-corrected chi connectivity index (χ0v) is 15.0. The van der Waals surface area contributed by atoms with E-state index in [4.69, 9.17) is 4.42 Å². The van der Waals surface area contributed by atoms with Gasteiger partial charge in [-0.15, -0.1) is 0 Å². The first kappa shape index (κ1) is 18.9. The lowest BCUT2D eigenvalue weighted by Crippen LogP contribution is -1.97. The number of aliphatic hydroxyl groups is 1. The largest absolute Gasteiger partial charge is 0.436 e. The van der Waals surface area contributed by atoms with Gasteiger partial charge in [0.15, 0.2) is 11.2 Å². The van der Waals surface area contributed by atoms with Gasteiger partial charge in [0.25, 0.3) is 0 Å². The summed E-state index contributed by atoms with van der Waals surface area (Å²) >= 11 is 0. The molecule has 2 aromatic heterocycles. The lowest BCUT2D eigenvalue weighted by molar-refractivity contribution is 0.133. The van der Waals surface area contributed by atoms with Crippen LogP contribution in [0.5, 0.6) is 0 Å². The molecule has 0 saturated carbocycles. The Morgan fingerprint density at radius 1 is 0.958 bits per heavy atom. The standard InChI is InChI=1S/C20H32N2O2/c1-2-3-4-5-6-7-8-9-10-11-12-14-17(23)20-22-19-18(24-20)15-13-16-21-19/h13,15-17,23H,2-12,14H2,1H3. The van der Waals surface area contributed by atoms with Crippen molar-refractivity contribution in [3.8, 4) is 0 Å². The number of aromatic nitrogens is 2. The van der Waals surface area contributed by atoms with Crippen molar-refractivity contribution in [2.24, 2.45) is 0 Å². The van der Waals surface area contributed by atoms with Gasteiger partial charge in [-0.25, -0.2) is 4.98 Å². The fraction of sp³-hybridized carbons (Fsp3) is 0.700. The molecule has 0 radical (unpaired) electrons. The summed E-state index contributed by atoms with van der Waals surface area (Å²) in [6.07, 6.45) is 16.2. The van der Waals surface area contributed by atoms with Crippen molar-refractivity contribution in [3.63, 3.8) is 0 Å². The second-order valence-electron chi connectivity index (χ2n) is 6.72. The monoisotopic (exact) mass is 332 g/mol. The van der Waals surface area contributed by atoms with Gasteiger partial charge in [-0.3, -0.25) is 0 Å². The summed E-state index contributed by atoms with van der Waals surface area (Å²) in [5.74, 6) is 0.399. The van der Waals surface area contributed by atoms with Crippen molar-refractivity contribution in [2.45, 2.75) is 90.1 Å². The average molecular weight is 332 g/mol. The number of oxazole rings is 1. The van der Waals surface area contributed by atoms with E-state index in [0.29, 0.717) is 23.5 Å². The van der Waals surface area contributed by atoms with E-state index >= 15 is 0 Å².